The van der Waals surface area contributed by atoms with Gasteiger partial charge >= 0.3 is 0 Å². The fraction of sp³-hybridized carbons (Fsp3) is 0.500. The molecule has 0 unspecified atom stereocenters. The van der Waals surface area contributed by atoms with Gasteiger partial charge in [0.05, 0.1) is 26.2 Å². The van der Waals surface area contributed by atoms with E-state index in [4.69, 9.17) is 4.74 Å². The van der Waals surface area contributed by atoms with Crippen molar-refractivity contribution < 1.29 is 14.4 Å². The quantitative estimate of drug-likeness (QED) is 0.737. The van der Waals surface area contributed by atoms with Crippen LogP contribution in [0.25, 0.3) is 0 Å². The van der Waals surface area contributed by atoms with Crippen molar-refractivity contribution in [1.82, 2.24) is 5.32 Å². The number of para-hydroxylation sites is 1. The molecule has 0 atom stereocenters. The first-order valence-electron chi connectivity index (χ1n) is 6.63. The van der Waals surface area contributed by atoms with Gasteiger partial charge in [0.2, 0.25) is 0 Å². The standard InChI is InChI=1S/C14H20N2O2/c17-14(12-18-13-6-2-1-3-7-13)15-8-11-16-9-4-5-10-16/h1-3,6-7H,4-5,8-12H2,(H,15,17)/p+1. The Hall–Kier alpha value is -1.55. The van der Waals surface area contributed by atoms with Crippen LogP contribution in [0.1, 0.15) is 12.8 Å². The Morgan fingerprint density at radius 1 is 1.22 bits per heavy atom. The first-order valence-corrected chi connectivity index (χ1v) is 6.63. The molecule has 0 aliphatic carbocycles. The SMILES string of the molecule is O=C(COc1ccccc1)NCC[NH+]1CCCC1. The number of carbonyl (C=O) groups excluding carboxylic acids is 1. The molecule has 1 aliphatic heterocycles. The first-order chi connectivity index (χ1) is 8.84. The zero-order valence-electron chi connectivity index (χ0n) is 10.7. The number of ether oxygens (including phenoxy) is 1. The predicted molar refractivity (Wildman–Crippen MR) is 69.7 cm³/mol. The molecular formula is C14H21N2O2+. The van der Waals surface area contributed by atoms with Gasteiger partial charge in [-0.05, 0) is 12.1 Å². The molecule has 2 N–H and O–H groups in total. The summed E-state index contributed by atoms with van der Waals surface area (Å²) in [6, 6.07) is 9.41. The minimum Gasteiger partial charge on any atom is -0.484 e. The van der Waals surface area contributed by atoms with Gasteiger partial charge in [-0.1, -0.05) is 18.2 Å². The van der Waals surface area contributed by atoms with E-state index in [0.29, 0.717) is 0 Å². The van der Waals surface area contributed by atoms with Crippen LogP contribution in [-0.2, 0) is 4.79 Å². The summed E-state index contributed by atoms with van der Waals surface area (Å²) in [6.07, 6.45) is 2.64. The van der Waals surface area contributed by atoms with Crippen LogP contribution in [-0.4, -0.2) is 38.7 Å². The van der Waals surface area contributed by atoms with Crippen molar-refractivity contribution in [1.29, 1.82) is 0 Å². The number of nitrogens with one attached hydrogen (secondary N) is 2. The molecule has 1 saturated heterocycles. The average molecular weight is 249 g/mol. The van der Waals surface area contributed by atoms with Crippen LogP contribution < -0.4 is 15.0 Å². The van der Waals surface area contributed by atoms with E-state index >= 15 is 0 Å². The summed E-state index contributed by atoms with van der Waals surface area (Å²) >= 11 is 0. The van der Waals surface area contributed by atoms with E-state index in [-0.39, 0.29) is 12.5 Å². The smallest absolute Gasteiger partial charge is 0.258 e. The second kappa shape index (κ2) is 7.01. The molecule has 1 aromatic rings. The number of carbonyl (C=O) groups is 1. The largest absolute Gasteiger partial charge is 0.484 e. The van der Waals surface area contributed by atoms with Gasteiger partial charge in [0.1, 0.15) is 5.75 Å². The van der Waals surface area contributed by atoms with Gasteiger partial charge < -0.3 is 15.0 Å². The molecule has 18 heavy (non-hydrogen) atoms. The highest BCUT2D eigenvalue weighted by Crippen LogP contribution is 2.07. The molecule has 1 amide bonds. The third kappa shape index (κ3) is 4.37. The molecule has 1 heterocycles. The monoisotopic (exact) mass is 249 g/mol. The Balaban J connectivity index is 1.57. The Bertz CT molecular complexity index is 361. The summed E-state index contributed by atoms with van der Waals surface area (Å²) in [4.78, 5) is 13.1. The van der Waals surface area contributed by atoms with E-state index in [1.807, 2.05) is 30.3 Å². The molecular weight excluding hydrogens is 228 g/mol. The fourth-order valence-corrected chi connectivity index (χ4v) is 2.22. The molecule has 0 bridgehead atoms. The Labute approximate surface area is 108 Å². The number of hydrogen-bond acceptors (Lipinski definition) is 2. The van der Waals surface area contributed by atoms with E-state index in [1.165, 1.54) is 25.9 Å². The minimum atomic E-state index is -0.0440. The average Bonchev–Trinajstić information content (AvgIpc) is 2.91. The molecule has 2 rings (SSSR count). The topological polar surface area (TPSA) is 42.8 Å². The van der Waals surface area contributed by atoms with E-state index in [0.717, 1.165) is 18.8 Å². The van der Waals surface area contributed by atoms with Crippen molar-refractivity contribution in [3.63, 3.8) is 0 Å². The highest BCUT2D eigenvalue weighted by molar-refractivity contribution is 5.77. The van der Waals surface area contributed by atoms with Crippen molar-refractivity contribution in [3.8, 4) is 5.75 Å². The summed E-state index contributed by atoms with van der Waals surface area (Å²) in [5, 5.41) is 2.90. The molecule has 4 nitrogen and oxygen atoms in total. The summed E-state index contributed by atoms with van der Waals surface area (Å²) in [7, 11) is 0. The number of quaternary nitrogens is 1. The molecule has 0 radical (unpaired) electrons. The second-order valence-corrected chi connectivity index (χ2v) is 4.66. The molecule has 4 heteroatoms. The number of amides is 1. The maximum atomic E-state index is 11.5. The van der Waals surface area contributed by atoms with Crippen molar-refractivity contribution in [2.75, 3.05) is 32.8 Å². The lowest BCUT2D eigenvalue weighted by atomic mass is 10.3. The lowest BCUT2D eigenvalue weighted by molar-refractivity contribution is -0.886. The van der Waals surface area contributed by atoms with Crippen LogP contribution in [0.4, 0.5) is 0 Å². The van der Waals surface area contributed by atoms with Gasteiger partial charge in [-0.2, -0.15) is 0 Å². The third-order valence-electron chi connectivity index (χ3n) is 3.22. The zero-order chi connectivity index (χ0) is 12.6. The predicted octanol–water partition coefficient (Wildman–Crippen LogP) is -0.140. The number of rotatable bonds is 6. The lowest BCUT2D eigenvalue weighted by Gasteiger charge is -2.12. The highest BCUT2D eigenvalue weighted by atomic mass is 16.5. The van der Waals surface area contributed by atoms with Gasteiger partial charge in [-0.25, -0.2) is 0 Å². The van der Waals surface area contributed by atoms with Gasteiger partial charge in [-0.3, -0.25) is 4.79 Å². The van der Waals surface area contributed by atoms with Crippen molar-refractivity contribution in [3.05, 3.63) is 30.3 Å². The molecule has 1 fully saturated rings. The van der Waals surface area contributed by atoms with Gasteiger partial charge in [0.15, 0.2) is 6.61 Å². The Morgan fingerprint density at radius 3 is 2.67 bits per heavy atom. The Kier molecular flexibility index (Phi) is 5.02. The maximum Gasteiger partial charge on any atom is 0.258 e. The fourth-order valence-electron chi connectivity index (χ4n) is 2.22. The van der Waals surface area contributed by atoms with Crippen molar-refractivity contribution in [2.45, 2.75) is 12.8 Å². The summed E-state index contributed by atoms with van der Waals surface area (Å²) < 4.78 is 5.37. The van der Waals surface area contributed by atoms with Crippen LogP contribution in [0.2, 0.25) is 0 Å². The van der Waals surface area contributed by atoms with Gasteiger partial charge in [0, 0.05) is 12.8 Å². The maximum absolute atomic E-state index is 11.5. The lowest BCUT2D eigenvalue weighted by Crippen LogP contribution is -3.10. The summed E-state index contributed by atoms with van der Waals surface area (Å²) in [5.41, 5.74) is 0. The van der Waals surface area contributed by atoms with Crippen molar-refractivity contribution in [2.24, 2.45) is 0 Å². The molecule has 0 saturated carbocycles. The number of likely N-dealkylation sites (tertiary alicyclic amines) is 1. The minimum absolute atomic E-state index is 0.0440. The summed E-state index contributed by atoms with van der Waals surface area (Å²) in [5.74, 6) is 0.690. The summed E-state index contributed by atoms with van der Waals surface area (Å²) in [6.45, 7) is 4.36. The van der Waals surface area contributed by atoms with E-state index < -0.39 is 0 Å². The van der Waals surface area contributed by atoms with E-state index in [2.05, 4.69) is 5.32 Å². The van der Waals surface area contributed by atoms with Gasteiger partial charge in [-0.15, -0.1) is 0 Å². The van der Waals surface area contributed by atoms with Crippen molar-refractivity contribution >= 4 is 5.91 Å². The number of hydrogen-bond donors (Lipinski definition) is 2. The highest BCUT2D eigenvalue weighted by Gasteiger charge is 2.14. The molecule has 0 aromatic heterocycles. The third-order valence-corrected chi connectivity index (χ3v) is 3.22. The van der Waals surface area contributed by atoms with Crippen LogP contribution in [0.15, 0.2) is 30.3 Å². The molecule has 98 valence electrons. The van der Waals surface area contributed by atoms with Crippen LogP contribution in [0, 0.1) is 0 Å². The van der Waals surface area contributed by atoms with Gasteiger partial charge in [0.25, 0.3) is 5.91 Å². The van der Waals surface area contributed by atoms with Crippen LogP contribution in [0.3, 0.4) is 0 Å². The second-order valence-electron chi connectivity index (χ2n) is 4.66. The zero-order valence-corrected chi connectivity index (χ0v) is 10.7. The van der Waals surface area contributed by atoms with Crippen LogP contribution in [0.5, 0.6) is 5.75 Å². The number of benzene rings is 1. The normalized spacial score (nSPS) is 15.6. The molecule has 0 spiro atoms. The molecule has 1 aromatic carbocycles. The Morgan fingerprint density at radius 2 is 1.94 bits per heavy atom. The van der Waals surface area contributed by atoms with E-state index in [1.54, 1.807) is 4.90 Å². The van der Waals surface area contributed by atoms with Crippen LogP contribution >= 0.6 is 0 Å². The molecule has 1 aliphatic rings. The van der Waals surface area contributed by atoms with E-state index in [9.17, 15) is 4.79 Å². The first kappa shape index (κ1) is 12.9.